The van der Waals surface area contributed by atoms with Crippen LogP contribution in [0.25, 0.3) is 0 Å². The molecule has 0 heterocycles. The van der Waals surface area contributed by atoms with Crippen LogP contribution in [0.2, 0.25) is 5.02 Å². The summed E-state index contributed by atoms with van der Waals surface area (Å²) in [5.74, 6) is -0.688. The van der Waals surface area contributed by atoms with Crippen LogP contribution < -0.4 is 9.62 Å². The number of sulfonamides is 1. The second-order valence-electron chi connectivity index (χ2n) is 10.2. The molecule has 0 radical (unpaired) electrons. The van der Waals surface area contributed by atoms with Crippen molar-refractivity contribution in [2.45, 2.75) is 69.5 Å². The van der Waals surface area contributed by atoms with Crippen molar-refractivity contribution >= 4 is 39.1 Å². The Bertz CT molecular complexity index is 1390. The van der Waals surface area contributed by atoms with E-state index >= 15 is 0 Å². The number of hydrogen-bond donors (Lipinski definition) is 1. The molecule has 1 atom stereocenters. The number of nitrogens with zero attached hydrogens (tertiary/aromatic N) is 2. The molecule has 1 aliphatic carbocycles. The Balaban J connectivity index is 1.68. The van der Waals surface area contributed by atoms with Gasteiger partial charge in [-0.3, -0.25) is 13.9 Å². The molecule has 40 heavy (non-hydrogen) atoms. The first-order valence-electron chi connectivity index (χ1n) is 13.7. The summed E-state index contributed by atoms with van der Waals surface area (Å²) >= 11 is 6.08. The van der Waals surface area contributed by atoms with Gasteiger partial charge in [-0.05, 0) is 68.1 Å². The van der Waals surface area contributed by atoms with E-state index in [9.17, 15) is 18.0 Å². The molecule has 1 N–H and O–H groups in total. The van der Waals surface area contributed by atoms with E-state index in [1.54, 1.807) is 66.7 Å². The van der Waals surface area contributed by atoms with Crippen LogP contribution >= 0.6 is 11.6 Å². The number of aryl methyl sites for hydroxylation is 1. The van der Waals surface area contributed by atoms with Crippen molar-refractivity contribution in [2.75, 3.05) is 10.8 Å². The first-order valence-corrected chi connectivity index (χ1v) is 15.5. The van der Waals surface area contributed by atoms with Gasteiger partial charge >= 0.3 is 0 Å². The summed E-state index contributed by atoms with van der Waals surface area (Å²) in [6.45, 7) is 3.42. The van der Waals surface area contributed by atoms with E-state index in [1.807, 2.05) is 26.0 Å². The van der Waals surface area contributed by atoms with Crippen LogP contribution in [0.3, 0.4) is 0 Å². The molecule has 1 saturated carbocycles. The summed E-state index contributed by atoms with van der Waals surface area (Å²) in [6, 6.07) is 21.5. The molecule has 4 rings (SSSR count). The lowest BCUT2D eigenvalue weighted by atomic mass is 10.1. The van der Waals surface area contributed by atoms with Crippen molar-refractivity contribution in [3.05, 3.63) is 95.0 Å². The number of para-hydroxylation sites is 1. The molecule has 1 fully saturated rings. The van der Waals surface area contributed by atoms with E-state index in [-0.39, 0.29) is 23.4 Å². The minimum atomic E-state index is -4.08. The fourth-order valence-electron chi connectivity index (χ4n) is 5.03. The molecule has 0 bridgehead atoms. The zero-order valence-electron chi connectivity index (χ0n) is 22.9. The van der Waals surface area contributed by atoms with E-state index in [4.69, 9.17) is 11.6 Å². The van der Waals surface area contributed by atoms with Crippen molar-refractivity contribution in [1.82, 2.24) is 10.2 Å². The van der Waals surface area contributed by atoms with Gasteiger partial charge in [-0.15, -0.1) is 0 Å². The van der Waals surface area contributed by atoms with Gasteiger partial charge in [-0.1, -0.05) is 79.4 Å². The van der Waals surface area contributed by atoms with Crippen LogP contribution in [0, 0.1) is 6.92 Å². The molecule has 3 aromatic rings. The lowest BCUT2D eigenvalue weighted by Gasteiger charge is -2.33. The Morgan fingerprint density at radius 3 is 2.17 bits per heavy atom. The molecular weight excluding hydrogens is 546 g/mol. The zero-order valence-corrected chi connectivity index (χ0v) is 24.5. The molecule has 7 nitrogen and oxygen atoms in total. The standard InChI is InChI=1S/C31H36ClN3O4S/c1-3-29(31(37)33-26-9-7-8-10-26)34(21-24-15-17-25(32)18-16-24)30(36)22-35(27-11-5-4-6-12-27)40(38,39)28-19-13-23(2)14-20-28/h4-6,11-20,26,29H,3,7-10,21-22H2,1-2H3,(H,33,37). The number of hydrogen-bond acceptors (Lipinski definition) is 4. The number of carbonyl (C=O) groups is 2. The lowest BCUT2D eigenvalue weighted by molar-refractivity contribution is -0.140. The van der Waals surface area contributed by atoms with E-state index < -0.39 is 28.5 Å². The van der Waals surface area contributed by atoms with Crippen molar-refractivity contribution in [3.8, 4) is 0 Å². The Morgan fingerprint density at radius 1 is 0.950 bits per heavy atom. The average Bonchev–Trinajstić information content (AvgIpc) is 3.46. The molecule has 1 unspecified atom stereocenters. The Morgan fingerprint density at radius 2 is 1.57 bits per heavy atom. The summed E-state index contributed by atoms with van der Waals surface area (Å²) in [6.07, 6.45) is 4.36. The van der Waals surface area contributed by atoms with Crippen LogP contribution in [0.15, 0.2) is 83.8 Å². The number of benzene rings is 3. The maximum absolute atomic E-state index is 14.1. The summed E-state index contributed by atoms with van der Waals surface area (Å²) in [7, 11) is -4.08. The van der Waals surface area contributed by atoms with Gasteiger partial charge in [0.1, 0.15) is 12.6 Å². The Hall–Kier alpha value is -3.36. The highest BCUT2D eigenvalue weighted by Gasteiger charge is 2.34. The highest BCUT2D eigenvalue weighted by molar-refractivity contribution is 7.92. The topological polar surface area (TPSA) is 86.8 Å². The van der Waals surface area contributed by atoms with Gasteiger partial charge in [0.05, 0.1) is 10.6 Å². The van der Waals surface area contributed by atoms with E-state index in [0.717, 1.165) is 41.1 Å². The highest BCUT2D eigenvalue weighted by atomic mass is 35.5. The molecular formula is C31H36ClN3O4S. The quantitative estimate of drug-likeness (QED) is 0.314. The highest BCUT2D eigenvalue weighted by Crippen LogP contribution is 2.25. The van der Waals surface area contributed by atoms with Gasteiger partial charge in [0.25, 0.3) is 10.0 Å². The van der Waals surface area contributed by atoms with Crippen LogP contribution in [0.4, 0.5) is 5.69 Å². The number of halogens is 1. The maximum atomic E-state index is 14.1. The Labute approximate surface area is 242 Å². The van der Waals surface area contributed by atoms with Gasteiger partial charge in [-0.25, -0.2) is 8.42 Å². The average molecular weight is 582 g/mol. The summed E-state index contributed by atoms with van der Waals surface area (Å²) in [4.78, 5) is 29.1. The van der Waals surface area contributed by atoms with Gasteiger partial charge in [0.15, 0.2) is 0 Å². The first kappa shape index (κ1) is 29.6. The number of rotatable bonds is 11. The van der Waals surface area contributed by atoms with E-state index in [1.165, 1.54) is 4.90 Å². The summed E-state index contributed by atoms with van der Waals surface area (Å²) < 4.78 is 28.8. The SMILES string of the molecule is CCC(C(=O)NC1CCCC1)N(Cc1ccc(Cl)cc1)C(=O)CN(c1ccccc1)S(=O)(=O)c1ccc(C)cc1. The summed E-state index contributed by atoms with van der Waals surface area (Å²) in [5, 5.41) is 3.68. The smallest absolute Gasteiger partial charge is 0.264 e. The van der Waals surface area contributed by atoms with Gasteiger partial charge in [0, 0.05) is 17.6 Å². The third-order valence-corrected chi connectivity index (χ3v) is 9.33. The maximum Gasteiger partial charge on any atom is 0.264 e. The number of carbonyl (C=O) groups excluding carboxylic acids is 2. The second kappa shape index (κ2) is 13.3. The third kappa shape index (κ3) is 7.23. The Kier molecular flexibility index (Phi) is 9.87. The molecule has 0 aliphatic heterocycles. The van der Waals surface area contributed by atoms with Gasteiger partial charge in [0.2, 0.25) is 11.8 Å². The fourth-order valence-corrected chi connectivity index (χ4v) is 6.57. The van der Waals surface area contributed by atoms with E-state index in [2.05, 4.69) is 5.32 Å². The lowest BCUT2D eigenvalue weighted by Crippen LogP contribution is -2.53. The molecule has 9 heteroatoms. The van der Waals surface area contributed by atoms with Crippen molar-refractivity contribution < 1.29 is 18.0 Å². The van der Waals surface area contributed by atoms with Crippen molar-refractivity contribution in [3.63, 3.8) is 0 Å². The van der Waals surface area contributed by atoms with E-state index in [0.29, 0.717) is 17.1 Å². The predicted octanol–water partition coefficient (Wildman–Crippen LogP) is 5.71. The molecule has 212 valence electrons. The largest absolute Gasteiger partial charge is 0.352 e. The normalized spacial score (nSPS) is 14.5. The van der Waals surface area contributed by atoms with Gasteiger partial charge < -0.3 is 10.2 Å². The molecule has 0 aromatic heterocycles. The van der Waals surface area contributed by atoms with Crippen LogP contribution in [-0.4, -0.2) is 43.8 Å². The molecule has 2 amide bonds. The summed E-state index contributed by atoms with van der Waals surface area (Å²) in [5.41, 5.74) is 2.08. The second-order valence-corrected chi connectivity index (χ2v) is 12.5. The van der Waals surface area contributed by atoms with Crippen molar-refractivity contribution in [2.24, 2.45) is 0 Å². The number of nitrogens with one attached hydrogen (secondary N) is 1. The zero-order chi connectivity index (χ0) is 28.7. The van der Waals surface area contributed by atoms with Crippen LogP contribution in [0.5, 0.6) is 0 Å². The number of amides is 2. The first-order chi connectivity index (χ1) is 19.2. The predicted molar refractivity (Wildman–Crippen MR) is 159 cm³/mol. The molecule has 3 aromatic carbocycles. The molecule has 0 spiro atoms. The fraction of sp³-hybridized carbons (Fsp3) is 0.355. The van der Waals surface area contributed by atoms with Crippen LogP contribution in [-0.2, 0) is 26.2 Å². The molecule has 1 aliphatic rings. The van der Waals surface area contributed by atoms with Crippen LogP contribution in [0.1, 0.15) is 50.2 Å². The third-order valence-electron chi connectivity index (χ3n) is 7.29. The number of anilines is 1. The minimum absolute atomic E-state index is 0.0880. The van der Waals surface area contributed by atoms with Crippen molar-refractivity contribution in [1.29, 1.82) is 0 Å². The van der Waals surface area contributed by atoms with Gasteiger partial charge in [-0.2, -0.15) is 0 Å². The molecule has 0 saturated heterocycles. The minimum Gasteiger partial charge on any atom is -0.352 e. The monoisotopic (exact) mass is 581 g/mol.